The number of hydrogen-bond acceptors (Lipinski definition) is 3. The predicted molar refractivity (Wildman–Crippen MR) is 124 cm³/mol. The zero-order chi connectivity index (χ0) is 21.5. The first-order valence-corrected chi connectivity index (χ1v) is 11.7. The zero-order valence-corrected chi connectivity index (χ0v) is 18.6. The van der Waals surface area contributed by atoms with Crippen molar-refractivity contribution in [2.24, 2.45) is 5.92 Å². The zero-order valence-electron chi connectivity index (χ0n) is 18.6. The lowest BCUT2D eigenvalue weighted by Gasteiger charge is -2.38. The molecule has 166 valence electrons. The summed E-state index contributed by atoms with van der Waals surface area (Å²) in [6, 6.07) is 21.2. The molecule has 5 nitrogen and oxygen atoms in total. The number of ether oxygens (including phenoxy) is 1. The molecule has 0 radical (unpaired) electrons. The van der Waals surface area contributed by atoms with Crippen molar-refractivity contribution in [3.05, 3.63) is 71.8 Å². The number of urea groups is 1. The molecular formula is C26H35N3O2. The van der Waals surface area contributed by atoms with Gasteiger partial charge in [0, 0.05) is 39.8 Å². The van der Waals surface area contributed by atoms with E-state index in [0.717, 1.165) is 52.0 Å². The average Bonchev–Trinajstić information content (AvgIpc) is 2.84. The second kappa shape index (κ2) is 10.8. The van der Waals surface area contributed by atoms with E-state index in [4.69, 9.17) is 4.74 Å². The van der Waals surface area contributed by atoms with Crippen LogP contribution in [-0.2, 0) is 4.74 Å². The molecule has 31 heavy (non-hydrogen) atoms. The summed E-state index contributed by atoms with van der Waals surface area (Å²) in [5.74, 6) is 0.574. The highest BCUT2D eigenvalue weighted by atomic mass is 16.5. The predicted octanol–water partition coefficient (Wildman–Crippen LogP) is 4.31. The molecule has 1 unspecified atom stereocenters. The summed E-state index contributed by atoms with van der Waals surface area (Å²) in [4.78, 5) is 16.5. The monoisotopic (exact) mass is 421 g/mol. The van der Waals surface area contributed by atoms with Crippen LogP contribution < -0.4 is 5.32 Å². The number of likely N-dealkylation sites (tertiary alicyclic amines) is 2. The molecule has 2 saturated heterocycles. The molecule has 4 rings (SSSR count). The lowest BCUT2D eigenvalue weighted by Crippen LogP contribution is -2.48. The van der Waals surface area contributed by atoms with E-state index in [2.05, 4.69) is 70.9 Å². The Morgan fingerprint density at radius 2 is 1.58 bits per heavy atom. The number of amides is 2. The van der Waals surface area contributed by atoms with Gasteiger partial charge in [0.05, 0.1) is 6.10 Å². The maximum atomic E-state index is 12.0. The minimum atomic E-state index is -0.0154. The van der Waals surface area contributed by atoms with Gasteiger partial charge in [0.15, 0.2) is 0 Å². The number of piperidine rings is 2. The van der Waals surface area contributed by atoms with Crippen LogP contribution in [0.2, 0.25) is 0 Å². The molecule has 0 aromatic heterocycles. The molecule has 2 aromatic carbocycles. The van der Waals surface area contributed by atoms with Crippen LogP contribution >= 0.6 is 0 Å². The Morgan fingerprint density at radius 3 is 2.16 bits per heavy atom. The van der Waals surface area contributed by atoms with Crippen molar-refractivity contribution in [1.82, 2.24) is 15.1 Å². The summed E-state index contributed by atoms with van der Waals surface area (Å²) in [6.07, 6.45) is 4.69. The average molecular weight is 422 g/mol. The van der Waals surface area contributed by atoms with Gasteiger partial charge in [-0.1, -0.05) is 60.7 Å². The third-order valence-electron chi connectivity index (χ3n) is 6.60. The topological polar surface area (TPSA) is 44.8 Å². The number of nitrogens with zero attached hydrogens (tertiary/aromatic N) is 2. The van der Waals surface area contributed by atoms with Crippen LogP contribution in [0.4, 0.5) is 4.79 Å². The maximum absolute atomic E-state index is 12.0. The van der Waals surface area contributed by atoms with Crippen molar-refractivity contribution < 1.29 is 9.53 Å². The van der Waals surface area contributed by atoms with E-state index in [1.807, 2.05) is 4.90 Å². The van der Waals surface area contributed by atoms with Crippen LogP contribution in [0.25, 0.3) is 0 Å². The van der Waals surface area contributed by atoms with E-state index in [0.29, 0.717) is 5.92 Å². The number of carbonyl (C=O) groups excluding carboxylic acids is 1. The third kappa shape index (κ3) is 5.86. The molecule has 0 spiro atoms. The Balaban J connectivity index is 1.31. The van der Waals surface area contributed by atoms with E-state index < -0.39 is 0 Å². The van der Waals surface area contributed by atoms with Crippen molar-refractivity contribution in [1.29, 1.82) is 0 Å². The van der Waals surface area contributed by atoms with Crippen molar-refractivity contribution >= 4 is 6.03 Å². The molecule has 5 heteroatoms. The van der Waals surface area contributed by atoms with Gasteiger partial charge in [-0.15, -0.1) is 0 Å². The first kappa shape index (κ1) is 21.8. The standard InChI is InChI=1S/C26H35N3O2/c1-27-26(30)29-16-8-9-21(20-29)19-28-17-14-24(15-18-28)31-25(22-10-4-2-5-11-22)23-12-6-3-7-13-23/h2-7,10-13,21,24-25H,8-9,14-20H2,1H3,(H,27,30). The Labute approximate surface area is 186 Å². The molecule has 2 aliphatic heterocycles. The summed E-state index contributed by atoms with van der Waals surface area (Å²) in [6.45, 7) is 4.97. The van der Waals surface area contributed by atoms with E-state index in [-0.39, 0.29) is 18.2 Å². The van der Waals surface area contributed by atoms with Gasteiger partial charge < -0.3 is 19.9 Å². The fourth-order valence-electron chi connectivity index (χ4n) is 4.95. The number of nitrogens with one attached hydrogen (secondary N) is 1. The molecule has 0 aliphatic carbocycles. The fraction of sp³-hybridized carbons (Fsp3) is 0.500. The normalized spacial score (nSPS) is 20.7. The van der Waals surface area contributed by atoms with Gasteiger partial charge in [-0.2, -0.15) is 0 Å². The highest BCUT2D eigenvalue weighted by Gasteiger charge is 2.28. The van der Waals surface area contributed by atoms with Crippen LogP contribution in [-0.4, -0.2) is 61.7 Å². The molecule has 2 aromatic rings. The molecule has 2 fully saturated rings. The van der Waals surface area contributed by atoms with Gasteiger partial charge in [0.2, 0.25) is 0 Å². The summed E-state index contributed by atoms with van der Waals surface area (Å²) in [5.41, 5.74) is 2.43. The van der Waals surface area contributed by atoms with Crippen molar-refractivity contribution in [3.8, 4) is 0 Å². The molecular weight excluding hydrogens is 386 g/mol. The minimum absolute atomic E-state index is 0.0154. The molecule has 2 heterocycles. The van der Waals surface area contributed by atoms with E-state index in [1.165, 1.54) is 17.5 Å². The van der Waals surface area contributed by atoms with Crippen molar-refractivity contribution in [2.75, 3.05) is 39.8 Å². The third-order valence-corrected chi connectivity index (χ3v) is 6.60. The van der Waals surface area contributed by atoms with Crippen LogP contribution in [0, 0.1) is 5.92 Å². The lowest BCUT2D eigenvalue weighted by atomic mass is 9.96. The Hall–Kier alpha value is -2.37. The first-order valence-electron chi connectivity index (χ1n) is 11.7. The molecule has 2 amide bonds. The van der Waals surface area contributed by atoms with Gasteiger partial charge in [0.1, 0.15) is 6.10 Å². The van der Waals surface area contributed by atoms with Crippen molar-refractivity contribution in [3.63, 3.8) is 0 Å². The summed E-state index contributed by atoms with van der Waals surface area (Å²) in [5, 5.41) is 2.77. The Kier molecular flexibility index (Phi) is 7.60. The van der Waals surface area contributed by atoms with Gasteiger partial charge >= 0.3 is 6.03 Å². The quantitative estimate of drug-likeness (QED) is 0.756. The van der Waals surface area contributed by atoms with Crippen molar-refractivity contribution in [2.45, 2.75) is 37.9 Å². The second-order valence-electron chi connectivity index (χ2n) is 8.85. The smallest absolute Gasteiger partial charge is 0.317 e. The summed E-state index contributed by atoms with van der Waals surface area (Å²) >= 11 is 0. The first-order chi connectivity index (χ1) is 15.2. The van der Waals surface area contributed by atoms with Gasteiger partial charge in [-0.05, 0) is 42.7 Å². The summed E-state index contributed by atoms with van der Waals surface area (Å²) < 4.78 is 6.68. The maximum Gasteiger partial charge on any atom is 0.317 e. The van der Waals surface area contributed by atoms with E-state index >= 15 is 0 Å². The fourth-order valence-corrected chi connectivity index (χ4v) is 4.95. The molecule has 0 bridgehead atoms. The second-order valence-corrected chi connectivity index (χ2v) is 8.85. The Morgan fingerprint density at radius 1 is 0.968 bits per heavy atom. The summed E-state index contributed by atoms with van der Waals surface area (Å²) in [7, 11) is 1.72. The number of carbonyl (C=O) groups is 1. The highest BCUT2D eigenvalue weighted by Crippen LogP contribution is 2.30. The number of benzene rings is 2. The SMILES string of the molecule is CNC(=O)N1CCCC(CN2CCC(OC(c3ccccc3)c3ccccc3)CC2)C1. The van der Waals surface area contributed by atoms with Crippen LogP contribution in [0.15, 0.2) is 60.7 Å². The molecule has 1 atom stereocenters. The van der Waals surface area contributed by atoms with E-state index in [9.17, 15) is 4.79 Å². The number of hydrogen-bond donors (Lipinski definition) is 1. The van der Waals surface area contributed by atoms with E-state index in [1.54, 1.807) is 7.05 Å². The van der Waals surface area contributed by atoms with Crippen LogP contribution in [0.3, 0.4) is 0 Å². The number of rotatable bonds is 6. The lowest BCUT2D eigenvalue weighted by molar-refractivity contribution is -0.0299. The Bertz CT molecular complexity index is 766. The molecule has 0 saturated carbocycles. The van der Waals surface area contributed by atoms with Gasteiger partial charge in [-0.3, -0.25) is 0 Å². The van der Waals surface area contributed by atoms with Crippen LogP contribution in [0.1, 0.15) is 42.9 Å². The molecule has 1 N–H and O–H groups in total. The van der Waals surface area contributed by atoms with Gasteiger partial charge in [-0.25, -0.2) is 4.79 Å². The highest BCUT2D eigenvalue weighted by molar-refractivity contribution is 5.73. The largest absolute Gasteiger partial charge is 0.365 e. The minimum Gasteiger partial charge on any atom is -0.365 e. The van der Waals surface area contributed by atoms with Crippen LogP contribution in [0.5, 0.6) is 0 Å². The van der Waals surface area contributed by atoms with Gasteiger partial charge in [0.25, 0.3) is 0 Å². The molecule has 2 aliphatic rings.